The number of hydrogen-bond acceptors (Lipinski definition) is 5. The molecule has 1 aromatic rings. The van der Waals surface area contributed by atoms with Gasteiger partial charge in [-0.15, -0.1) is 0 Å². The number of rotatable bonds is 4. The Balaban J connectivity index is 1.55. The van der Waals surface area contributed by atoms with E-state index in [1.54, 1.807) is 6.20 Å². The maximum atomic E-state index is 11.2. The first-order valence-electron chi connectivity index (χ1n) is 7.81. The van der Waals surface area contributed by atoms with Gasteiger partial charge in [-0.2, -0.15) is 0 Å². The van der Waals surface area contributed by atoms with Crippen LogP contribution in [0.1, 0.15) is 36.2 Å². The predicted octanol–water partition coefficient (Wildman–Crippen LogP) is 0.888. The number of hydrogen-bond donors (Lipinski definition) is 1. The highest BCUT2D eigenvalue weighted by atomic mass is 16.1. The molecule has 2 aliphatic heterocycles. The lowest BCUT2D eigenvalue weighted by Gasteiger charge is -2.34. The van der Waals surface area contributed by atoms with E-state index in [4.69, 9.17) is 5.73 Å². The van der Waals surface area contributed by atoms with E-state index < -0.39 is 5.91 Å². The smallest absolute Gasteiger partial charge is 0.268 e. The van der Waals surface area contributed by atoms with Gasteiger partial charge in [0.25, 0.3) is 5.91 Å². The van der Waals surface area contributed by atoms with Crippen LogP contribution in [0.5, 0.6) is 0 Å². The molecule has 6 heteroatoms. The Morgan fingerprint density at radius 3 is 2.57 bits per heavy atom. The summed E-state index contributed by atoms with van der Waals surface area (Å²) in [5, 5.41) is 0. The summed E-state index contributed by atoms with van der Waals surface area (Å²) < 4.78 is 0. The standard InChI is InChI=1S/C15H23N5O/c16-15(21)13-9-17-10-14(18-13)20-7-3-12(4-8-20)11-19-5-1-2-6-19/h9-10,12H,1-8,11H2,(H2,16,21). The lowest BCUT2D eigenvalue weighted by Crippen LogP contribution is -2.38. The first-order chi connectivity index (χ1) is 10.2. The monoisotopic (exact) mass is 289 g/mol. The minimum absolute atomic E-state index is 0.242. The van der Waals surface area contributed by atoms with Crippen LogP contribution in [0.2, 0.25) is 0 Å². The van der Waals surface area contributed by atoms with E-state index in [-0.39, 0.29) is 5.69 Å². The molecule has 2 saturated heterocycles. The molecule has 0 saturated carbocycles. The molecule has 2 N–H and O–H groups in total. The number of amides is 1. The summed E-state index contributed by atoms with van der Waals surface area (Å²) in [4.78, 5) is 24.3. The zero-order chi connectivity index (χ0) is 14.7. The quantitative estimate of drug-likeness (QED) is 0.891. The number of likely N-dealkylation sites (tertiary alicyclic amines) is 1. The van der Waals surface area contributed by atoms with Crippen molar-refractivity contribution in [3.63, 3.8) is 0 Å². The molecule has 0 aliphatic carbocycles. The fraction of sp³-hybridized carbons (Fsp3) is 0.667. The van der Waals surface area contributed by atoms with E-state index in [0.717, 1.165) is 24.8 Å². The van der Waals surface area contributed by atoms with Gasteiger partial charge in [-0.25, -0.2) is 4.98 Å². The van der Waals surface area contributed by atoms with Crippen LogP contribution in [0, 0.1) is 5.92 Å². The van der Waals surface area contributed by atoms with Crippen LogP contribution in [-0.2, 0) is 0 Å². The van der Waals surface area contributed by atoms with Crippen molar-refractivity contribution in [2.75, 3.05) is 37.6 Å². The van der Waals surface area contributed by atoms with Gasteiger partial charge in [0.1, 0.15) is 11.5 Å². The molecular weight excluding hydrogens is 266 g/mol. The highest BCUT2D eigenvalue weighted by Gasteiger charge is 2.23. The fourth-order valence-electron chi connectivity index (χ4n) is 3.30. The van der Waals surface area contributed by atoms with Crippen LogP contribution in [0.15, 0.2) is 12.4 Å². The second-order valence-electron chi connectivity index (χ2n) is 6.06. The maximum absolute atomic E-state index is 11.2. The van der Waals surface area contributed by atoms with Crippen molar-refractivity contribution in [3.8, 4) is 0 Å². The molecule has 1 aromatic heterocycles. The molecule has 0 spiro atoms. The van der Waals surface area contributed by atoms with Gasteiger partial charge in [0.2, 0.25) is 0 Å². The SMILES string of the molecule is NC(=O)c1cncc(N2CCC(CN3CCCC3)CC2)n1. The molecule has 21 heavy (non-hydrogen) atoms. The van der Waals surface area contributed by atoms with Crippen molar-refractivity contribution in [3.05, 3.63) is 18.1 Å². The van der Waals surface area contributed by atoms with Crippen molar-refractivity contribution < 1.29 is 4.79 Å². The second-order valence-corrected chi connectivity index (χ2v) is 6.06. The molecule has 2 aliphatic rings. The number of primary amides is 1. The number of anilines is 1. The fourth-order valence-corrected chi connectivity index (χ4v) is 3.30. The van der Waals surface area contributed by atoms with Gasteiger partial charge in [-0.05, 0) is 44.7 Å². The average molecular weight is 289 g/mol. The third kappa shape index (κ3) is 3.50. The normalized spacial score (nSPS) is 20.9. The van der Waals surface area contributed by atoms with Crippen LogP contribution in [0.25, 0.3) is 0 Å². The molecule has 2 fully saturated rings. The minimum atomic E-state index is -0.520. The highest BCUT2D eigenvalue weighted by molar-refractivity contribution is 5.90. The third-order valence-corrected chi connectivity index (χ3v) is 4.53. The van der Waals surface area contributed by atoms with E-state index in [1.165, 1.54) is 51.5 Å². The van der Waals surface area contributed by atoms with Crippen LogP contribution in [-0.4, -0.2) is 53.5 Å². The molecule has 6 nitrogen and oxygen atoms in total. The van der Waals surface area contributed by atoms with Gasteiger partial charge >= 0.3 is 0 Å². The maximum Gasteiger partial charge on any atom is 0.268 e. The number of nitrogens with zero attached hydrogens (tertiary/aromatic N) is 4. The lowest BCUT2D eigenvalue weighted by molar-refractivity contribution is 0.0995. The van der Waals surface area contributed by atoms with Crippen LogP contribution in [0.3, 0.4) is 0 Å². The molecular formula is C15H23N5O. The Hall–Kier alpha value is -1.69. The van der Waals surface area contributed by atoms with Crippen LogP contribution >= 0.6 is 0 Å². The minimum Gasteiger partial charge on any atom is -0.364 e. The number of carbonyl (C=O) groups excluding carboxylic acids is 1. The van der Waals surface area contributed by atoms with Gasteiger partial charge in [-0.1, -0.05) is 0 Å². The molecule has 3 rings (SSSR count). The number of aromatic nitrogens is 2. The lowest BCUT2D eigenvalue weighted by atomic mass is 9.96. The van der Waals surface area contributed by atoms with Gasteiger partial charge in [0.05, 0.1) is 12.4 Å². The van der Waals surface area contributed by atoms with Crippen molar-refractivity contribution in [1.29, 1.82) is 0 Å². The Kier molecular flexibility index (Phi) is 4.34. The second kappa shape index (κ2) is 6.39. The van der Waals surface area contributed by atoms with Crippen molar-refractivity contribution in [2.24, 2.45) is 11.7 Å². The van der Waals surface area contributed by atoms with Crippen molar-refractivity contribution in [1.82, 2.24) is 14.9 Å². The molecule has 0 atom stereocenters. The molecule has 1 amide bonds. The van der Waals surface area contributed by atoms with E-state index in [0.29, 0.717) is 0 Å². The largest absolute Gasteiger partial charge is 0.364 e. The Labute approximate surface area is 125 Å². The highest BCUT2D eigenvalue weighted by Crippen LogP contribution is 2.23. The van der Waals surface area contributed by atoms with Crippen molar-refractivity contribution >= 4 is 11.7 Å². The summed E-state index contributed by atoms with van der Waals surface area (Å²) in [6, 6.07) is 0. The van der Waals surface area contributed by atoms with Gasteiger partial charge in [0.15, 0.2) is 0 Å². The van der Waals surface area contributed by atoms with Gasteiger partial charge in [-0.3, -0.25) is 9.78 Å². The van der Waals surface area contributed by atoms with E-state index in [2.05, 4.69) is 19.8 Å². The van der Waals surface area contributed by atoms with E-state index in [9.17, 15) is 4.79 Å². The third-order valence-electron chi connectivity index (χ3n) is 4.53. The molecule has 0 aromatic carbocycles. The topological polar surface area (TPSA) is 75.4 Å². The molecule has 114 valence electrons. The van der Waals surface area contributed by atoms with Crippen molar-refractivity contribution in [2.45, 2.75) is 25.7 Å². The summed E-state index contributed by atoms with van der Waals surface area (Å²) in [6.45, 7) is 5.74. The molecule has 3 heterocycles. The van der Waals surface area contributed by atoms with E-state index >= 15 is 0 Å². The summed E-state index contributed by atoms with van der Waals surface area (Å²) in [6.07, 6.45) is 8.21. The van der Waals surface area contributed by atoms with Gasteiger partial charge < -0.3 is 15.5 Å². The summed E-state index contributed by atoms with van der Waals surface area (Å²) in [5.41, 5.74) is 5.50. The summed E-state index contributed by atoms with van der Waals surface area (Å²) in [5.74, 6) is 1.03. The van der Waals surface area contributed by atoms with Crippen LogP contribution in [0.4, 0.5) is 5.82 Å². The Morgan fingerprint density at radius 2 is 1.90 bits per heavy atom. The zero-order valence-electron chi connectivity index (χ0n) is 12.4. The van der Waals surface area contributed by atoms with Crippen LogP contribution < -0.4 is 10.6 Å². The Bertz CT molecular complexity index is 493. The first kappa shape index (κ1) is 14.3. The summed E-state index contributed by atoms with van der Waals surface area (Å²) >= 11 is 0. The molecule has 0 radical (unpaired) electrons. The first-order valence-corrected chi connectivity index (χ1v) is 7.81. The number of piperidine rings is 1. The zero-order valence-corrected chi connectivity index (χ0v) is 12.4. The summed E-state index contributed by atoms with van der Waals surface area (Å²) in [7, 11) is 0. The molecule has 0 bridgehead atoms. The number of carbonyl (C=O) groups is 1. The molecule has 0 unspecified atom stereocenters. The predicted molar refractivity (Wildman–Crippen MR) is 81.2 cm³/mol. The van der Waals surface area contributed by atoms with Gasteiger partial charge in [0, 0.05) is 19.6 Å². The number of nitrogens with two attached hydrogens (primary N) is 1. The Morgan fingerprint density at radius 1 is 1.19 bits per heavy atom. The van der Waals surface area contributed by atoms with E-state index in [1.807, 2.05) is 0 Å². The average Bonchev–Trinajstić information content (AvgIpc) is 3.01.